The third kappa shape index (κ3) is 4.95. The van der Waals surface area contributed by atoms with E-state index in [9.17, 15) is 9.59 Å². The summed E-state index contributed by atoms with van der Waals surface area (Å²) in [6, 6.07) is 5.42. The number of nitrogens with one attached hydrogen (secondary N) is 1. The van der Waals surface area contributed by atoms with Gasteiger partial charge >= 0.3 is 0 Å². The monoisotopic (exact) mass is 390 g/mol. The fourth-order valence-corrected chi connectivity index (χ4v) is 2.30. The second-order valence-electron chi connectivity index (χ2n) is 4.51. The highest BCUT2D eigenvalue weighted by molar-refractivity contribution is 9.11. The van der Waals surface area contributed by atoms with E-state index in [1.165, 1.54) is 4.90 Å². The molecule has 0 bridgehead atoms. The van der Waals surface area contributed by atoms with Crippen molar-refractivity contribution in [2.75, 3.05) is 13.6 Å². The molecule has 1 aromatic rings. The molecule has 0 spiro atoms. The summed E-state index contributed by atoms with van der Waals surface area (Å²) >= 11 is 6.66. The Morgan fingerprint density at radius 2 is 1.95 bits per heavy atom. The molecule has 0 fully saturated rings. The van der Waals surface area contributed by atoms with E-state index in [0.29, 0.717) is 10.0 Å². The summed E-state index contributed by atoms with van der Waals surface area (Å²) in [4.78, 5) is 25.3. The summed E-state index contributed by atoms with van der Waals surface area (Å²) in [6.07, 6.45) is 0. The van der Waals surface area contributed by atoms with Gasteiger partial charge in [-0.05, 0) is 48.0 Å². The van der Waals surface area contributed by atoms with Gasteiger partial charge in [0.25, 0.3) is 5.91 Å². The van der Waals surface area contributed by atoms with Crippen molar-refractivity contribution in [1.29, 1.82) is 0 Å². The third-order valence-corrected chi connectivity index (χ3v) is 3.52. The molecule has 104 valence electrons. The second-order valence-corrected chi connectivity index (χ2v) is 6.28. The first-order valence-corrected chi connectivity index (χ1v) is 7.39. The molecule has 2 amide bonds. The SMILES string of the molecule is CC(C)NC(=O)CN(C)C(=O)c1cc(Br)ccc1Br. The van der Waals surface area contributed by atoms with E-state index in [-0.39, 0.29) is 24.4 Å². The topological polar surface area (TPSA) is 49.4 Å². The van der Waals surface area contributed by atoms with Crippen molar-refractivity contribution in [3.8, 4) is 0 Å². The molecule has 0 aliphatic heterocycles. The van der Waals surface area contributed by atoms with Crippen LogP contribution in [0.3, 0.4) is 0 Å². The lowest BCUT2D eigenvalue weighted by Gasteiger charge is -2.18. The number of hydrogen-bond acceptors (Lipinski definition) is 2. The van der Waals surface area contributed by atoms with Gasteiger partial charge in [0.15, 0.2) is 0 Å². The van der Waals surface area contributed by atoms with E-state index in [4.69, 9.17) is 0 Å². The second kappa shape index (κ2) is 7.05. The van der Waals surface area contributed by atoms with Crippen molar-refractivity contribution < 1.29 is 9.59 Å². The van der Waals surface area contributed by atoms with Gasteiger partial charge in [0.05, 0.1) is 12.1 Å². The molecule has 4 nitrogen and oxygen atoms in total. The maximum Gasteiger partial charge on any atom is 0.255 e. The summed E-state index contributed by atoms with van der Waals surface area (Å²) in [7, 11) is 1.61. The Kier molecular flexibility index (Phi) is 6.00. The van der Waals surface area contributed by atoms with Gasteiger partial charge in [0.2, 0.25) is 5.91 Å². The minimum absolute atomic E-state index is 0.0377. The van der Waals surface area contributed by atoms with Gasteiger partial charge in [-0.25, -0.2) is 0 Å². The first-order valence-electron chi connectivity index (χ1n) is 5.81. The molecule has 1 aromatic carbocycles. The lowest BCUT2D eigenvalue weighted by atomic mass is 10.2. The smallest absolute Gasteiger partial charge is 0.255 e. The number of carbonyl (C=O) groups is 2. The van der Waals surface area contributed by atoms with Crippen molar-refractivity contribution in [3.63, 3.8) is 0 Å². The third-order valence-electron chi connectivity index (χ3n) is 2.34. The van der Waals surface area contributed by atoms with Gasteiger partial charge in [0, 0.05) is 22.0 Å². The van der Waals surface area contributed by atoms with Crippen molar-refractivity contribution in [3.05, 3.63) is 32.7 Å². The molecule has 0 heterocycles. The number of benzene rings is 1. The van der Waals surface area contributed by atoms with Crippen LogP contribution in [0.1, 0.15) is 24.2 Å². The molecule has 0 aliphatic carbocycles. The normalized spacial score (nSPS) is 10.4. The Labute approximate surface area is 129 Å². The van der Waals surface area contributed by atoms with Crippen LogP contribution in [-0.2, 0) is 4.79 Å². The van der Waals surface area contributed by atoms with Crippen LogP contribution in [0.2, 0.25) is 0 Å². The number of nitrogens with zero attached hydrogens (tertiary/aromatic N) is 1. The highest BCUT2D eigenvalue weighted by atomic mass is 79.9. The van der Waals surface area contributed by atoms with Gasteiger partial charge in [-0.3, -0.25) is 9.59 Å². The van der Waals surface area contributed by atoms with Gasteiger partial charge in [-0.15, -0.1) is 0 Å². The summed E-state index contributed by atoms with van der Waals surface area (Å²) in [5, 5.41) is 2.75. The first-order chi connectivity index (χ1) is 8.81. The van der Waals surface area contributed by atoms with Crippen molar-refractivity contribution in [2.45, 2.75) is 19.9 Å². The Bertz CT molecular complexity index is 490. The Balaban J connectivity index is 2.77. The zero-order chi connectivity index (χ0) is 14.6. The lowest BCUT2D eigenvalue weighted by molar-refractivity contribution is -0.122. The minimum atomic E-state index is -0.202. The summed E-state index contributed by atoms with van der Waals surface area (Å²) in [5.41, 5.74) is 0.522. The Morgan fingerprint density at radius 3 is 2.53 bits per heavy atom. The van der Waals surface area contributed by atoms with Crippen LogP contribution in [0.4, 0.5) is 0 Å². The number of halogens is 2. The summed E-state index contributed by atoms with van der Waals surface area (Å²) in [6.45, 7) is 3.80. The molecule has 0 unspecified atom stereocenters. The number of rotatable bonds is 4. The van der Waals surface area contributed by atoms with Crippen LogP contribution in [-0.4, -0.2) is 36.3 Å². The number of carbonyl (C=O) groups excluding carboxylic acids is 2. The van der Waals surface area contributed by atoms with E-state index < -0.39 is 0 Å². The molecule has 0 radical (unpaired) electrons. The maximum absolute atomic E-state index is 12.2. The molecule has 0 saturated heterocycles. The predicted molar refractivity (Wildman–Crippen MR) is 82.1 cm³/mol. The quantitative estimate of drug-likeness (QED) is 0.857. The van der Waals surface area contributed by atoms with Gasteiger partial charge < -0.3 is 10.2 Å². The van der Waals surface area contributed by atoms with Crippen LogP contribution in [0.25, 0.3) is 0 Å². The predicted octanol–water partition coefficient (Wildman–Crippen LogP) is 2.81. The van der Waals surface area contributed by atoms with Gasteiger partial charge in [-0.1, -0.05) is 15.9 Å². The average molecular weight is 392 g/mol. The fraction of sp³-hybridized carbons (Fsp3) is 0.385. The Morgan fingerprint density at radius 1 is 1.32 bits per heavy atom. The molecule has 1 rings (SSSR count). The molecule has 1 N–H and O–H groups in total. The number of hydrogen-bond donors (Lipinski definition) is 1. The highest BCUT2D eigenvalue weighted by Crippen LogP contribution is 2.22. The molecular formula is C13H16Br2N2O2. The van der Waals surface area contributed by atoms with E-state index in [0.717, 1.165) is 4.47 Å². The Hall–Kier alpha value is -0.880. The lowest BCUT2D eigenvalue weighted by Crippen LogP contribution is -2.40. The van der Waals surface area contributed by atoms with Crippen molar-refractivity contribution >= 4 is 43.7 Å². The van der Waals surface area contributed by atoms with Crippen molar-refractivity contribution in [1.82, 2.24) is 10.2 Å². The van der Waals surface area contributed by atoms with Crippen LogP contribution in [0.5, 0.6) is 0 Å². The number of amides is 2. The van der Waals surface area contributed by atoms with Crippen LogP contribution in [0.15, 0.2) is 27.1 Å². The maximum atomic E-state index is 12.2. The summed E-state index contributed by atoms with van der Waals surface area (Å²) in [5.74, 6) is -0.371. The summed E-state index contributed by atoms with van der Waals surface area (Å²) < 4.78 is 1.52. The first kappa shape index (κ1) is 16.2. The highest BCUT2D eigenvalue weighted by Gasteiger charge is 2.17. The van der Waals surface area contributed by atoms with Crippen molar-refractivity contribution in [2.24, 2.45) is 0 Å². The molecule has 0 saturated carbocycles. The molecule has 19 heavy (non-hydrogen) atoms. The van der Waals surface area contributed by atoms with E-state index in [1.54, 1.807) is 19.2 Å². The van der Waals surface area contributed by atoms with Crippen LogP contribution < -0.4 is 5.32 Å². The van der Waals surface area contributed by atoms with E-state index in [1.807, 2.05) is 19.9 Å². The van der Waals surface area contributed by atoms with E-state index >= 15 is 0 Å². The number of likely N-dealkylation sites (N-methyl/N-ethyl adjacent to an activating group) is 1. The van der Waals surface area contributed by atoms with Crippen LogP contribution >= 0.6 is 31.9 Å². The molecular weight excluding hydrogens is 376 g/mol. The largest absolute Gasteiger partial charge is 0.352 e. The van der Waals surface area contributed by atoms with Crippen LogP contribution in [0, 0.1) is 0 Å². The van der Waals surface area contributed by atoms with E-state index in [2.05, 4.69) is 37.2 Å². The zero-order valence-electron chi connectivity index (χ0n) is 11.0. The molecule has 0 aromatic heterocycles. The van der Waals surface area contributed by atoms with Gasteiger partial charge in [0.1, 0.15) is 0 Å². The zero-order valence-corrected chi connectivity index (χ0v) is 14.2. The standard InChI is InChI=1S/C13H16Br2N2O2/c1-8(2)16-12(18)7-17(3)13(19)10-6-9(14)4-5-11(10)15/h4-6,8H,7H2,1-3H3,(H,16,18). The molecule has 0 atom stereocenters. The fourth-order valence-electron chi connectivity index (χ4n) is 1.52. The van der Waals surface area contributed by atoms with Gasteiger partial charge in [-0.2, -0.15) is 0 Å². The molecule has 0 aliphatic rings. The minimum Gasteiger partial charge on any atom is -0.352 e. The molecule has 6 heteroatoms. The average Bonchev–Trinajstić information content (AvgIpc) is 2.30.